The van der Waals surface area contributed by atoms with Gasteiger partial charge in [-0.15, -0.1) is 0 Å². The number of carbonyl (C=O) groups excluding carboxylic acids is 1. The summed E-state index contributed by atoms with van der Waals surface area (Å²) in [6, 6.07) is 5.36. The summed E-state index contributed by atoms with van der Waals surface area (Å²) in [4.78, 5) is 23.3. The molecule has 7 heteroatoms. The standard InChI is InChI=1S/C14H15BrClNO4/c15-11-3-2-10(16)7-9(11)1-4-12(18)17-14(13(19)20)5-6-21-8-14/h2-3,7H,1,4-6,8H2,(H,17,18)(H,19,20). The summed E-state index contributed by atoms with van der Waals surface area (Å²) < 4.78 is 5.97. The van der Waals surface area contributed by atoms with Gasteiger partial charge in [0.15, 0.2) is 5.54 Å². The summed E-state index contributed by atoms with van der Waals surface area (Å²) in [5, 5.41) is 12.4. The molecule has 1 aromatic rings. The number of carbonyl (C=O) groups is 2. The molecule has 1 aliphatic rings. The van der Waals surface area contributed by atoms with E-state index in [2.05, 4.69) is 21.2 Å². The predicted molar refractivity (Wildman–Crippen MR) is 81.4 cm³/mol. The Bertz CT molecular complexity index is 558. The number of aliphatic carboxylic acids is 1. The second-order valence-corrected chi connectivity index (χ2v) is 6.26. The molecule has 21 heavy (non-hydrogen) atoms. The summed E-state index contributed by atoms with van der Waals surface area (Å²) in [6.45, 7) is 0.349. The smallest absolute Gasteiger partial charge is 0.331 e. The van der Waals surface area contributed by atoms with Gasteiger partial charge in [0.2, 0.25) is 5.91 Å². The van der Waals surface area contributed by atoms with E-state index >= 15 is 0 Å². The molecule has 2 N–H and O–H groups in total. The third kappa shape index (κ3) is 3.96. The first kappa shape index (κ1) is 16.3. The molecule has 1 amide bonds. The lowest BCUT2D eigenvalue weighted by Crippen LogP contribution is -2.55. The van der Waals surface area contributed by atoms with Crippen molar-refractivity contribution in [2.45, 2.75) is 24.8 Å². The van der Waals surface area contributed by atoms with Gasteiger partial charge in [-0.2, -0.15) is 0 Å². The number of rotatable bonds is 5. The Labute approximate surface area is 135 Å². The van der Waals surface area contributed by atoms with Crippen LogP contribution in [0.1, 0.15) is 18.4 Å². The summed E-state index contributed by atoms with van der Waals surface area (Å²) >= 11 is 9.32. The zero-order valence-corrected chi connectivity index (χ0v) is 13.5. The van der Waals surface area contributed by atoms with Crippen LogP contribution < -0.4 is 5.32 Å². The fourth-order valence-electron chi connectivity index (χ4n) is 2.20. The minimum absolute atomic E-state index is 0.00886. The van der Waals surface area contributed by atoms with Crippen molar-refractivity contribution in [2.24, 2.45) is 0 Å². The zero-order chi connectivity index (χ0) is 15.5. The molecule has 1 saturated heterocycles. The lowest BCUT2D eigenvalue weighted by molar-refractivity contribution is -0.147. The number of halogens is 2. The number of hydrogen-bond acceptors (Lipinski definition) is 3. The third-order valence-electron chi connectivity index (χ3n) is 3.44. The molecular weight excluding hydrogens is 362 g/mol. The molecule has 1 aromatic carbocycles. The Morgan fingerprint density at radius 3 is 2.86 bits per heavy atom. The average molecular weight is 377 g/mol. The predicted octanol–water partition coefficient (Wildman–Crippen LogP) is 2.40. The average Bonchev–Trinajstić information content (AvgIpc) is 2.89. The minimum Gasteiger partial charge on any atom is -0.479 e. The Morgan fingerprint density at radius 2 is 2.24 bits per heavy atom. The largest absolute Gasteiger partial charge is 0.479 e. The molecule has 1 unspecified atom stereocenters. The van der Waals surface area contributed by atoms with Crippen LogP contribution in [0.3, 0.4) is 0 Å². The van der Waals surface area contributed by atoms with Gasteiger partial charge < -0.3 is 15.2 Å². The van der Waals surface area contributed by atoms with Crippen molar-refractivity contribution in [3.63, 3.8) is 0 Å². The molecule has 114 valence electrons. The first-order valence-corrected chi connectivity index (χ1v) is 7.66. The number of amides is 1. The maximum Gasteiger partial charge on any atom is 0.331 e. The molecule has 0 aromatic heterocycles. The molecule has 1 heterocycles. The summed E-state index contributed by atoms with van der Waals surface area (Å²) in [6.07, 6.45) is 0.951. The molecule has 0 saturated carbocycles. The van der Waals surface area contributed by atoms with Crippen LogP contribution in [0, 0.1) is 0 Å². The van der Waals surface area contributed by atoms with Crippen LogP contribution in [0.25, 0.3) is 0 Å². The first-order valence-electron chi connectivity index (χ1n) is 6.49. The number of ether oxygens (including phenoxy) is 1. The number of aryl methyl sites for hydroxylation is 1. The highest BCUT2D eigenvalue weighted by molar-refractivity contribution is 9.10. The van der Waals surface area contributed by atoms with E-state index in [0.29, 0.717) is 18.1 Å². The Balaban J connectivity index is 1.96. The quantitative estimate of drug-likeness (QED) is 0.827. The molecule has 2 rings (SSSR count). The number of carboxylic acids is 1. The van der Waals surface area contributed by atoms with Gasteiger partial charge in [-0.25, -0.2) is 4.79 Å². The Morgan fingerprint density at radius 1 is 1.48 bits per heavy atom. The highest BCUT2D eigenvalue weighted by atomic mass is 79.9. The van der Waals surface area contributed by atoms with Crippen LogP contribution in [0.15, 0.2) is 22.7 Å². The molecule has 1 fully saturated rings. The molecule has 1 aliphatic heterocycles. The van der Waals surface area contributed by atoms with Crippen molar-refractivity contribution in [2.75, 3.05) is 13.2 Å². The van der Waals surface area contributed by atoms with Crippen LogP contribution in [0.4, 0.5) is 0 Å². The maximum absolute atomic E-state index is 12.0. The maximum atomic E-state index is 12.0. The van der Waals surface area contributed by atoms with Crippen molar-refractivity contribution in [3.05, 3.63) is 33.3 Å². The van der Waals surface area contributed by atoms with Gasteiger partial charge in [-0.1, -0.05) is 27.5 Å². The third-order valence-corrected chi connectivity index (χ3v) is 4.45. The van der Waals surface area contributed by atoms with E-state index in [1.807, 2.05) is 6.07 Å². The van der Waals surface area contributed by atoms with E-state index in [0.717, 1.165) is 10.0 Å². The molecule has 0 spiro atoms. The molecule has 0 radical (unpaired) electrons. The van der Waals surface area contributed by atoms with Crippen LogP contribution in [-0.2, 0) is 20.7 Å². The van der Waals surface area contributed by atoms with Crippen molar-refractivity contribution in [1.82, 2.24) is 5.32 Å². The highest BCUT2D eigenvalue weighted by Gasteiger charge is 2.43. The summed E-state index contributed by atoms with van der Waals surface area (Å²) in [7, 11) is 0. The monoisotopic (exact) mass is 375 g/mol. The molecule has 0 aliphatic carbocycles. The van der Waals surface area contributed by atoms with E-state index < -0.39 is 11.5 Å². The number of benzene rings is 1. The Hall–Kier alpha value is -1.11. The second-order valence-electron chi connectivity index (χ2n) is 4.97. The van der Waals surface area contributed by atoms with Gasteiger partial charge in [0.05, 0.1) is 6.61 Å². The molecular formula is C14H15BrClNO4. The zero-order valence-electron chi connectivity index (χ0n) is 11.2. The fourth-order valence-corrected chi connectivity index (χ4v) is 2.84. The van der Waals surface area contributed by atoms with Crippen molar-refractivity contribution < 1.29 is 19.4 Å². The molecule has 1 atom stereocenters. The summed E-state index contributed by atoms with van der Waals surface area (Å²) in [5.41, 5.74) is -0.382. The lowest BCUT2D eigenvalue weighted by Gasteiger charge is -2.23. The second kappa shape index (κ2) is 6.77. The Kier molecular flexibility index (Phi) is 5.24. The van der Waals surface area contributed by atoms with Crippen molar-refractivity contribution in [3.8, 4) is 0 Å². The number of hydrogen-bond donors (Lipinski definition) is 2. The van der Waals surface area contributed by atoms with Crippen LogP contribution >= 0.6 is 27.5 Å². The van der Waals surface area contributed by atoms with Crippen molar-refractivity contribution in [1.29, 1.82) is 0 Å². The number of carboxylic acid groups (broad SMARTS) is 1. The van der Waals surface area contributed by atoms with Gasteiger partial charge in [-0.3, -0.25) is 4.79 Å². The van der Waals surface area contributed by atoms with Crippen LogP contribution in [0.5, 0.6) is 0 Å². The topological polar surface area (TPSA) is 75.6 Å². The SMILES string of the molecule is O=C(CCc1cc(Cl)ccc1Br)NC1(C(=O)O)CCOC1. The lowest BCUT2D eigenvalue weighted by atomic mass is 9.98. The highest BCUT2D eigenvalue weighted by Crippen LogP contribution is 2.23. The number of nitrogens with one attached hydrogen (secondary N) is 1. The van der Waals surface area contributed by atoms with E-state index in [-0.39, 0.29) is 25.4 Å². The van der Waals surface area contributed by atoms with E-state index in [9.17, 15) is 14.7 Å². The van der Waals surface area contributed by atoms with E-state index in [1.54, 1.807) is 12.1 Å². The van der Waals surface area contributed by atoms with E-state index in [4.69, 9.17) is 16.3 Å². The summed E-state index contributed by atoms with van der Waals surface area (Å²) in [5.74, 6) is -1.37. The molecule has 0 bridgehead atoms. The van der Waals surface area contributed by atoms with Crippen LogP contribution in [0.2, 0.25) is 5.02 Å². The van der Waals surface area contributed by atoms with Crippen LogP contribution in [-0.4, -0.2) is 35.7 Å². The first-order chi connectivity index (χ1) is 9.93. The van der Waals surface area contributed by atoms with Crippen molar-refractivity contribution >= 4 is 39.4 Å². The normalized spacial score (nSPS) is 21.2. The van der Waals surface area contributed by atoms with Gasteiger partial charge in [0, 0.05) is 28.9 Å². The van der Waals surface area contributed by atoms with Gasteiger partial charge in [-0.05, 0) is 30.2 Å². The fraction of sp³-hybridized carbons (Fsp3) is 0.429. The van der Waals surface area contributed by atoms with E-state index in [1.165, 1.54) is 0 Å². The van der Waals surface area contributed by atoms with Gasteiger partial charge in [0.1, 0.15) is 0 Å². The van der Waals surface area contributed by atoms with Gasteiger partial charge >= 0.3 is 5.97 Å². The van der Waals surface area contributed by atoms with Gasteiger partial charge in [0.25, 0.3) is 0 Å². The molecule has 5 nitrogen and oxygen atoms in total. The minimum atomic E-state index is -1.29.